The number of hydrogen-bond donors (Lipinski definition) is 0. The third kappa shape index (κ3) is 3.66. The van der Waals surface area contributed by atoms with Crippen molar-refractivity contribution in [1.82, 2.24) is 0 Å². The van der Waals surface area contributed by atoms with Crippen LogP contribution in [0.5, 0.6) is 0 Å². The van der Waals surface area contributed by atoms with Gasteiger partial charge in [0.15, 0.2) is 0 Å². The second-order valence-electron chi connectivity index (χ2n) is 3.87. The van der Waals surface area contributed by atoms with Gasteiger partial charge >= 0.3 is 0 Å². The molecule has 0 saturated carbocycles. The monoisotopic (exact) mass is 273 g/mol. The molecule has 0 heterocycles. The van der Waals surface area contributed by atoms with Crippen LogP contribution in [0.1, 0.15) is 15.9 Å². The molecule has 0 saturated heterocycles. The number of nitrogens with zero attached hydrogens (tertiary/aromatic N) is 1. The molecule has 0 aromatic heterocycles. The summed E-state index contributed by atoms with van der Waals surface area (Å²) in [6.07, 6.45) is 0. The van der Waals surface area contributed by atoms with Gasteiger partial charge in [-0.1, -0.05) is 42.1 Å². The minimum atomic E-state index is -0.481. The zero-order chi connectivity index (χ0) is 13.7. The van der Waals surface area contributed by atoms with E-state index >= 15 is 0 Å². The standard InChI is InChI=1S/C14H11NO3S/c16-14(19-10-11-4-2-1-3-5-11)12-6-8-13(9-7-12)15(17)18/h1-9H,10H2. The maximum absolute atomic E-state index is 11.9. The van der Waals surface area contributed by atoms with Crippen LogP contribution in [0, 0.1) is 10.1 Å². The minimum Gasteiger partial charge on any atom is -0.282 e. The van der Waals surface area contributed by atoms with Crippen LogP contribution in [0.15, 0.2) is 54.6 Å². The highest BCUT2D eigenvalue weighted by Crippen LogP contribution is 2.20. The molecule has 0 unspecified atom stereocenters. The summed E-state index contributed by atoms with van der Waals surface area (Å²) >= 11 is 1.19. The molecule has 0 bridgehead atoms. The highest BCUT2D eigenvalue weighted by atomic mass is 32.2. The summed E-state index contributed by atoms with van der Waals surface area (Å²) in [5.41, 5.74) is 1.54. The fourth-order valence-electron chi connectivity index (χ4n) is 1.53. The summed E-state index contributed by atoms with van der Waals surface area (Å²) in [6, 6.07) is 15.3. The van der Waals surface area contributed by atoms with Crippen molar-refractivity contribution in [3.63, 3.8) is 0 Å². The first-order valence-electron chi connectivity index (χ1n) is 5.62. The first-order chi connectivity index (χ1) is 9.16. The van der Waals surface area contributed by atoms with Crippen molar-refractivity contribution in [2.75, 3.05) is 0 Å². The van der Waals surface area contributed by atoms with Gasteiger partial charge in [-0.3, -0.25) is 14.9 Å². The molecule has 0 aliphatic rings. The molecule has 0 radical (unpaired) electrons. The number of carbonyl (C=O) groups is 1. The van der Waals surface area contributed by atoms with Crippen LogP contribution < -0.4 is 0 Å². The predicted octanol–water partition coefficient (Wildman–Crippen LogP) is 3.67. The molecule has 4 nitrogen and oxygen atoms in total. The van der Waals surface area contributed by atoms with Crippen molar-refractivity contribution >= 4 is 22.6 Å². The Kier molecular flexibility index (Phi) is 4.30. The Labute approximate surface area is 114 Å². The van der Waals surface area contributed by atoms with Gasteiger partial charge in [-0.25, -0.2) is 0 Å². The van der Waals surface area contributed by atoms with Gasteiger partial charge in [0.2, 0.25) is 5.12 Å². The molecular weight excluding hydrogens is 262 g/mol. The SMILES string of the molecule is O=C(SCc1ccccc1)c1ccc([N+](=O)[O-])cc1. The van der Waals surface area contributed by atoms with E-state index in [0.29, 0.717) is 11.3 Å². The Bertz CT molecular complexity index is 581. The number of carbonyl (C=O) groups excluding carboxylic acids is 1. The van der Waals surface area contributed by atoms with Crippen LogP contribution in [0.25, 0.3) is 0 Å². The lowest BCUT2D eigenvalue weighted by molar-refractivity contribution is -0.384. The quantitative estimate of drug-likeness (QED) is 0.630. The van der Waals surface area contributed by atoms with Crippen molar-refractivity contribution in [2.24, 2.45) is 0 Å². The number of benzene rings is 2. The van der Waals surface area contributed by atoms with E-state index in [1.54, 1.807) is 0 Å². The number of hydrogen-bond acceptors (Lipinski definition) is 4. The predicted molar refractivity (Wildman–Crippen MR) is 75.2 cm³/mol. The van der Waals surface area contributed by atoms with E-state index in [2.05, 4.69) is 0 Å². The molecule has 2 aromatic carbocycles. The summed E-state index contributed by atoms with van der Waals surface area (Å²) in [7, 11) is 0. The van der Waals surface area contributed by atoms with Crippen LogP contribution in [0.2, 0.25) is 0 Å². The van der Waals surface area contributed by atoms with Crippen molar-refractivity contribution < 1.29 is 9.72 Å². The summed E-state index contributed by atoms with van der Waals surface area (Å²) < 4.78 is 0. The molecule has 0 aliphatic carbocycles. The first kappa shape index (κ1) is 13.3. The lowest BCUT2D eigenvalue weighted by Crippen LogP contribution is -1.95. The van der Waals surface area contributed by atoms with Gasteiger partial charge < -0.3 is 0 Å². The lowest BCUT2D eigenvalue weighted by Gasteiger charge is -2.01. The zero-order valence-corrected chi connectivity index (χ0v) is 10.8. The molecule has 19 heavy (non-hydrogen) atoms. The molecule has 96 valence electrons. The normalized spacial score (nSPS) is 10.1. The third-order valence-electron chi connectivity index (χ3n) is 2.53. The Morgan fingerprint density at radius 1 is 1.05 bits per heavy atom. The molecule has 0 N–H and O–H groups in total. The van der Waals surface area contributed by atoms with Crippen molar-refractivity contribution in [2.45, 2.75) is 5.75 Å². The highest BCUT2D eigenvalue weighted by Gasteiger charge is 2.10. The van der Waals surface area contributed by atoms with Crippen molar-refractivity contribution in [1.29, 1.82) is 0 Å². The van der Waals surface area contributed by atoms with Gasteiger partial charge in [0.1, 0.15) is 0 Å². The zero-order valence-electron chi connectivity index (χ0n) is 9.98. The average Bonchev–Trinajstić information content (AvgIpc) is 2.46. The van der Waals surface area contributed by atoms with E-state index in [1.807, 2.05) is 30.3 Å². The number of nitro benzene ring substituents is 1. The molecule has 0 amide bonds. The second-order valence-corrected chi connectivity index (χ2v) is 4.81. The van der Waals surface area contributed by atoms with Crippen LogP contribution in [0.3, 0.4) is 0 Å². The Morgan fingerprint density at radius 2 is 1.68 bits per heavy atom. The van der Waals surface area contributed by atoms with E-state index in [9.17, 15) is 14.9 Å². The molecule has 5 heteroatoms. The van der Waals surface area contributed by atoms with E-state index in [-0.39, 0.29) is 10.8 Å². The number of thioether (sulfide) groups is 1. The average molecular weight is 273 g/mol. The largest absolute Gasteiger partial charge is 0.282 e. The minimum absolute atomic E-state index is 0.00962. The smallest absolute Gasteiger partial charge is 0.269 e. The second kappa shape index (κ2) is 6.15. The molecule has 2 rings (SSSR count). The number of rotatable bonds is 4. The molecule has 0 spiro atoms. The number of nitro groups is 1. The van der Waals surface area contributed by atoms with Crippen molar-refractivity contribution in [3.8, 4) is 0 Å². The van der Waals surface area contributed by atoms with Crippen LogP contribution in [0.4, 0.5) is 5.69 Å². The summed E-state index contributed by atoms with van der Waals surface area (Å²) in [4.78, 5) is 21.9. The third-order valence-corrected chi connectivity index (χ3v) is 3.50. The molecule has 0 atom stereocenters. The van der Waals surface area contributed by atoms with E-state index in [1.165, 1.54) is 36.0 Å². The van der Waals surface area contributed by atoms with Gasteiger partial charge in [0.25, 0.3) is 5.69 Å². The Balaban J connectivity index is 1.98. The van der Waals surface area contributed by atoms with E-state index < -0.39 is 4.92 Å². The molecule has 0 aliphatic heterocycles. The van der Waals surface area contributed by atoms with Gasteiger partial charge in [0, 0.05) is 23.4 Å². The fraction of sp³-hybridized carbons (Fsp3) is 0.0714. The van der Waals surface area contributed by atoms with Crippen molar-refractivity contribution in [3.05, 3.63) is 75.8 Å². The summed E-state index contributed by atoms with van der Waals surface area (Å²) in [5, 5.41) is 10.4. The topological polar surface area (TPSA) is 60.2 Å². The highest BCUT2D eigenvalue weighted by molar-refractivity contribution is 8.13. The maximum Gasteiger partial charge on any atom is 0.269 e. The Morgan fingerprint density at radius 3 is 2.26 bits per heavy atom. The first-order valence-corrected chi connectivity index (χ1v) is 6.61. The molecule has 2 aromatic rings. The summed E-state index contributed by atoms with van der Waals surface area (Å²) in [6.45, 7) is 0. The lowest BCUT2D eigenvalue weighted by atomic mass is 10.2. The number of non-ortho nitro benzene ring substituents is 1. The van der Waals surface area contributed by atoms with Crippen LogP contribution in [-0.4, -0.2) is 10.0 Å². The van der Waals surface area contributed by atoms with Gasteiger partial charge in [-0.05, 0) is 17.7 Å². The van der Waals surface area contributed by atoms with E-state index in [4.69, 9.17) is 0 Å². The van der Waals surface area contributed by atoms with Gasteiger partial charge in [-0.2, -0.15) is 0 Å². The molecular formula is C14H11NO3S. The van der Waals surface area contributed by atoms with Crippen LogP contribution >= 0.6 is 11.8 Å². The van der Waals surface area contributed by atoms with Gasteiger partial charge in [0.05, 0.1) is 4.92 Å². The van der Waals surface area contributed by atoms with E-state index in [0.717, 1.165) is 5.56 Å². The van der Waals surface area contributed by atoms with Gasteiger partial charge in [-0.15, -0.1) is 0 Å². The molecule has 0 fully saturated rings. The summed E-state index contributed by atoms with van der Waals surface area (Å²) in [5.74, 6) is 0.594. The fourth-order valence-corrected chi connectivity index (χ4v) is 2.32. The maximum atomic E-state index is 11.9. The Hall–Kier alpha value is -2.14. The van der Waals surface area contributed by atoms with Crippen LogP contribution in [-0.2, 0) is 5.75 Å².